The molecule has 0 unspecified atom stereocenters. The highest BCUT2D eigenvalue weighted by molar-refractivity contribution is 5.96. The summed E-state index contributed by atoms with van der Waals surface area (Å²) in [6.45, 7) is 4.24. The van der Waals surface area contributed by atoms with E-state index in [1.807, 2.05) is 0 Å². The van der Waals surface area contributed by atoms with Crippen LogP contribution in [0.5, 0.6) is 5.75 Å². The number of rotatable bonds is 4. The average molecular weight is 361 g/mol. The van der Waals surface area contributed by atoms with E-state index in [1.165, 1.54) is 6.92 Å². The standard InChI is InChI=1S/C19H23NO6/c1-11-19(16(26-12(2)22)9-14(10-21)18(19,3)23)20-17(25-11)13-5-7-15(24-4)8-6-13/h5-9,11,16,21,23H,10H2,1-4H3/t11-,16+,18-,19-/m0/s1. The number of methoxy groups -OCH3 is 1. The second-order valence-corrected chi connectivity index (χ2v) is 6.68. The molecule has 1 aromatic rings. The zero-order chi connectivity index (χ0) is 19.1. The summed E-state index contributed by atoms with van der Waals surface area (Å²) in [7, 11) is 1.58. The van der Waals surface area contributed by atoms with Gasteiger partial charge in [-0.05, 0) is 49.8 Å². The maximum Gasteiger partial charge on any atom is 0.303 e. The maximum absolute atomic E-state index is 11.6. The predicted molar refractivity (Wildman–Crippen MR) is 94.2 cm³/mol. The fraction of sp³-hybridized carbons (Fsp3) is 0.474. The van der Waals surface area contributed by atoms with Gasteiger partial charge in [0.05, 0.1) is 13.7 Å². The Bertz CT molecular complexity index is 767. The number of esters is 1. The minimum Gasteiger partial charge on any atom is -0.497 e. The van der Waals surface area contributed by atoms with Crippen LogP contribution in [0.1, 0.15) is 26.3 Å². The molecule has 0 saturated carbocycles. The van der Waals surface area contributed by atoms with Gasteiger partial charge in [-0.1, -0.05) is 0 Å². The van der Waals surface area contributed by atoms with Crippen LogP contribution in [0.2, 0.25) is 0 Å². The van der Waals surface area contributed by atoms with Gasteiger partial charge in [0.1, 0.15) is 17.5 Å². The summed E-state index contributed by atoms with van der Waals surface area (Å²) in [5, 5.41) is 20.8. The van der Waals surface area contributed by atoms with Crippen LogP contribution < -0.4 is 4.74 Å². The van der Waals surface area contributed by atoms with Gasteiger partial charge < -0.3 is 24.4 Å². The molecule has 1 aliphatic carbocycles. The van der Waals surface area contributed by atoms with Crippen molar-refractivity contribution >= 4 is 11.9 Å². The van der Waals surface area contributed by atoms with E-state index in [-0.39, 0.29) is 6.61 Å². The zero-order valence-corrected chi connectivity index (χ0v) is 15.2. The Labute approximate surface area is 151 Å². The lowest BCUT2D eigenvalue weighted by molar-refractivity contribution is -0.152. The molecule has 3 rings (SSSR count). The Hall–Kier alpha value is -2.38. The van der Waals surface area contributed by atoms with Crippen LogP contribution in [0.15, 0.2) is 40.9 Å². The number of carbonyl (C=O) groups excluding carboxylic acids is 1. The van der Waals surface area contributed by atoms with Crippen LogP contribution in [0.25, 0.3) is 0 Å². The van der Waals surface area contributed by atoms with E-state index in [2.05, 4.69) is 4.99 Å². The van der Waals surface area contributed by atoms with E-state index in [1.54, 1.807) is 51.3 Å². The zero-order valence-electron chi connectivity index (χ0n) is 15.2. The molecular weight excluding hydrogens is 338 g/mol. The Morgan fingerprint density at radius 1 is 1.35 bits per heavy atom. The number of aliphatic hydroxyl groups excluding tert-OH is 1. The van der Waals surface area contributed by atoms with Crippen LogP contribution in [-0.2, 0) is 14.3 Å². The molecule has 0 radical (unpaired) electrons. The van der Waals surface area contributed by atoms with Gasteiger partial charge in [-0.3, -0.25) is 4.79 Å². The van der Waals surface area contributed by atoms with Crippen LogP contribution in [-0.4, -0.2) is 59.1 Å². The van der Waals surface area contributed by atoms with Crippen molar-refractivity contribution < 1.29 is 29.2 Å². The highest BCUT2D eigenvalue weighted by Crippen LogP contribution is 2.49. The topological polar surface area (TPSA) is 97.6 Å². The molecule has 1 spiro atoms. The first-order valence-electron chi connectivity index (χ1n) is 8.38. The molecule has 0 amide bonds. The first kappa shape index (κ1) is 18.4. The largest absolute Gasteiger partial charge is 0.497 e. The lowest BCUT2D eigenvalue weighted by Gasteiger charge is -2.40. The lowest BCUT2D eigenvalue weighted by atomic mass is 9.76. The number of ether oxygens (including phenoxy) is 3. The van der Waals surface area contributed by atoms with Crippen molar-refractivity contribution in [2.45, 2.75) is 44.1 Å². The van der Waals surface area contributed by atoms with Gasteiger partial charge in [-0.25, -0.2) is 4.99 Å². The third-order valence-corrected chi connectivity index (χ3v) is 5.19. The summed E-state index contributed by atoms with van der Waals surface area (Å²) >= 11 is 0. The lowest BCUT2D eigenvalue weighted by Crippen LogP contribution is -2.60. The molecule has 1 heterocycles. The molecule has 0 fully saturated rings. The van der Waals surface area contributed by atoms with E-state index in [4.69, 9.17) is 14.2 Å². The summed E-state index contributed by atoms with van der Waals surface area (Å²) in [5.74, 6) is 0.538. The number of carbonyl (C=O) groups is 1. The molecule has 0 aromatic heterocycles. The summed E-state index contributed by atoms with van der Waals surface area (Å²) in [4.78, 5) is 16.3. The molecule has 26 heavy (non-hydrogen) atoms. The van der Waals surface area contributed by atoms with Crippen LogP contribution >= 0.6 is 0 Å². The summed E-state index contributed by atoms with van der Waals surface area (Å²) < 4.78 is 16.5. The fourth-order valence-corrected chi connectivity index (χ4v) is 3.72. The Morgan fingerprint density at radius 2 is 2.00 bits per heavy atom. The van der Waals surface area contributed by atoms with Crippen molar-refractivity contribution in [2.75, 3.05) is 13.7 Å². The van der Waals surface area contributed by atoms with E-state index in [0.29, 0.717) is 22.8 Å². The van der Waals surface area contributed by atoms with Gasteiger partial charge in [0.25, 0.3) is 0 Å². The van der Waals surface area contributed by atoms with Gasteiger partial charge in [-0.15, -0.1) is 0 Å². The molecule has 7 nitrogen and oxygen atoms in total. The van der Waals surface area contributed by atoms with Crippen LogP contribution in [0.3, 0.4) is 0 Å². The number of aliphatic hydroxyl groups is 2. The van der Waals surface area contributed by atoms with Crippen molar-refractivity contribution in [2.24, 2.45) is 4.99 Å². The molecular formula is C19H23NO6. The van der Waals surface area contributed by atoms with Crippen molar-refractivity contribution in [3.8, 4) is 5.75 Å². The quantitative estimate of drug-likeness (QED) is 0.618. The Morgan fingerprint density at radius 3 is 2.54 bits per heavy atom. The number of nitrogens with zero attached hydrogens (tertiary/aromatic N) is 1. The van der Waals surface area contributed by atoms with Gasteiger partial charge in [-0.2, -0.15) is 0 Å². The van der Waals surface area contributed by atoms with E-state index in [9.17, 15) is 15.0 Å². The van der Waals surface area contributed by atoms with Gasteiger partial charge in [0.15, 0.2) is 11.6 Å². The number of hydrogen-bond acceptors (Lipinski definition) is 7. The first-order chi connectivity index (χ1) is 12.3. The molecule has 1 aromatic carbocycles. The van der Waals surface area contributed by atoms with Crippen molar-refractivity contribution in [3.05, 3.63) is 41.5 Å². The van der Waals surface area contributed by atoms with Gasteiger partial charge in [0, 0.05) is 12.5 Å². The smallest absolute Gasteiger partial charge is 0.303 e. The molecule has 2 aliphatic rings. The Kier molecular flexibility index (Phi) is 4.54. The maximum atomic E-state index is 11.6. The minimum atomic E-state index is -1.53. The number of aliphatic imine (C=N–C) groups is 1. The van der Waals surface area contributed by atoms with Crippen LogP contribution in [0, 0.1) is 0 Å². The summed E-state index contributed by atoms with van der Waals surface area (Å²) in [6, 6.07) is 7.16. The van der Waals surface area contributed by atoms with Crippen molar-refractivity contribution in [1.82, 2.24) is 0 Å². The Balaban J connectivity index is 2.07. The molecule has 4 atom stereocenters. The SMILES string of the molecule is COc1ccc(C2=N[C@@]3([C@H](C)O2)[C@H](OC(C)=O)C=C(CO)[C@]3(C)O)cc1. The molecule has 140 valence electrons. The summed E-state index contributed by atoms with van der Waals surface area (Å²) in [5.41, 5.74) is -1.75. The van der Waals surface area contributed by atoms with Gasteiger partial charge >= 0.3 is 5.97 Å². The van der Waals surface area contributed by atoms with E-state index in [0.717, 1.165) is 0 Å². The second-order valence-electron chi connectivity index (χ2n) is 6.68. The molecule has 0 bridgehead atoms. The average Bonchev–Trinajstić information content (AvgIpc) is 3.06. The number of hydrogen-bond donors (Lipinski definition) is 2. The first-order valence-corrected chi connectivity index (χ1v) is 8.38. The highest BCUT2D eigenvalue weighted by atomic mass is 16.6. The van der Waals surface area contributed by atoms with Gasteiger partial charge in [0.2, 0.25) is 5.90 Å². The third kappa shape index (κ3) is 2.59. The van der Waals surface area contributed by atoms with Crippen molar-refractivity contribution in [1.29, 1.82) is 0 Å². The highest BCUT2D eigenvalue weighted by Gasteiger charge is 2.66. The van der Waals surface area contributed by atoms with E-state index < -0.39 is 29.3 Å². The second kappa shape index (κ2) is 6.41. The minimum absolute atomic E-state index is 0.338. The van der Waals surface area contributed by atoms with E-state index >= 15 is 0 Å². The number of benzene rings is 1. The third-order valence-electron chi connectivity index (χ3n) is 5.19. The van der Waals surface area contributed by atoms with Crippen LogP contribution in [0.4, 0.5) is 0 Å². The molecule has 7 heteroatoms. The van der Waals surface area contributed by atoms with Crippen molar-refractivity contribution in [3.63, 3.8) is 0 Å². The fourth-order valence-electron chi connectivity index (χ4n) is 3.72. The normalized spacial score (nSPS) is 32.8. The molecule has 2 N–H and O–H groups in total. The monoisotopic (exact) mass is 361 g/mol. The molecule has 0 saturated heterocycles. The predicted octanol–water partition coefficient (Wildman–Crippen LogP) is 1.21. The summed E-state index contributed by atoms with van der Waals surface area (Å²) in [6.07, 6.45) is 0.129. The molecule has 1 aliphatic heterocycles.